The van der Waals surface area contributed by atoms with Crippen molar-refractivity contribution in [1.82, 2.24) is 14.8 Å². The van der Waals surface area contributed by atoms with E-state index < -0.39 is 0 Å². The van der Waals surface area contributed by atoms with Gasteiger partial charge in [-0.3, -0.25) is 4.57 Å². The maximum Gasteiger partial charge on any atom is 0.163 e. The highest BCUT2D eigenvalue weighted by atomic mass is 35.5. The molecule has 1 aliphatic heterocycles. The molecule has 0 saturated carbocycles. The summed E-state index contributed by atoms with van der Waals surface area (Å²) in [7, 11) is 0. The number of hydrogen-bond donors (Lipinski definition) is 0. The van der Waals surface area contributed by atoms with E-state index in [2.05, 4.69) is 22.3 Å². The van der Waals surface area contributed by atoms with Gasteiger partial charge in [-0.25, -0.2) is 0 Å². The van der Waals surface area contributed by atoms with E-state index >= 15 is 0 Å². The van der Waals surface area contributed by atoms with Crippen LogP contribution in [0.25, 0.3) is 5.69 Å². The summed E-state index contributed by atoms with van der Waals surface area (Å²) >= 11 is 0. The summed E-state index contributed by atoms with van der Waals surface area (Å²) in [5, 5.41) is 7.88. The summed E-state index contributed by atoms with van der Waals surface area (Å²) in [5.74, 6) is 0.856. The minimum Gasteiger partial charge on any atom is -0.369 e. The normalized spacial score (nSPS) is 12.5. The zero-order valence-corrected chi connectivity index (χ0v) is 10.0. The lowest BCUT2D eigenvalue weighted by Gasteiger charge is -2.05. The average Bonchev–Trinajstić information content (AvgIpc) is 2.61. The van der Waals surface area contributed by atoms with Crippen LogP contribution in [0.2, 0.25) is 0 Å². The highest BCUT2D eigenvalue weighted by Crippen LogP contribution is 2.20. The Bertz CT molecular complexity index is 473. The maximum absolute atomic E-state index is 5.48. The van der Waals surface area contributed by atoms with Crippen molar-refractivity contribution in [3.05, 3.63) is 42.0 Å². The summed E-state index contributed by atoms with van der Waals surface area (Å²) in [6, 6.07) is 8.13. The lowest BCUT2D eigenvalue weighted by molar-refractivity contribution is 0.105. The number of halogens is 2. The minimum absolute atomic E-state index is 0. The van der Waals surface area contributed by atoms with Crippen LogP contribution < -0.4 is 0 Å². The smallest absolute Gasteiger partial charge is 0.163 e. The molecule has 0 aliphatic carbocycles. The van der Waals surface area contributed by atoms with Crippen molar-refractivity contribution in [1.29, 1.82) is 0 Å². The van der Waals surface area contributed by atoms with Crippen LogP contribution >= 0.6 is 24.8 Å². The molecular formula is C10H11Cl2N3O. The van der Waals surface area contributed by atoms with Crippen molar-refractivity contribution >= 4 is 24.8 Å². The number of para-hydroxylation sites is 1. The minimum atomic E-state index is 0. The summed E-state index contributed by atoms with van der Waals surface area (Å²) in [6.07, 6.45) is 1.73. The van der Waals surface area contributed by atoms with Gasteiger partial charge >= 0.3 is 0 Å². The van der Waals surface area contributed by atoms with Gasteiger partial charge in [-0.05, 0) is 6.07 Å². The Morgan fingerprint density at radius 3 is 2.81 bits per heavy atom. The van der Waals surface area contributed by atoms with Gasteiger partial charge in [-0.2, -0.15) is 0 Å². The SMILES string of the molecule is Cl.Cl.c1ccc2c(c1)COCc1nncn1-2. The third-order valence-electron chi connectivity index (χ3n) is 2.36. The third kappa shape index (κ3) is 2.04. The molecule has 0 N–H and O–H groups in total. The second-order valence-corrected chi connectivity index (χ2v) is 3.24. The molecule has 2 heterocycles. The van der Waals surface area contributed by atoms with Crippen molar-refractivity contribution in [2.45, 2.75) is 13.2 Å². The summed E-state index contributed by atoms with van der Waals surface area (Å²) < 4.78 is 7.46. The average molecular weight is 260 g/mol. The molecule has 0 bridgehead atoms. The number of hydrogen-bond acceptors (Lipinski definition) is 3. The monoisotopic (exact) mass is 259 g/mol. The van der Waals surface area contributed by atoms with E-state index in [9.17, 15) is 0 Å². The van der Waals surface area contributed by atoms with Gasteiger partial charge in [0.1, 0.15) is 12.9 Å². The van der Waals surface area contributed by atoms with Crippen LogP contribution in [0.1, 0.15) is 11.4 Å². The van der Waals surface area contributed by atoms with Gasteiger partial charge < -0.3 is 4.74 Å². The van der Waals surface area contributed by atoms with Gasteiger partial charge in [0.05, 0.1) is 12.3 Å². The molecule has 1 aliphatic rings. The number of ether oxygens (including phenoxy) is 1. The second kappa shape index (κ2) is 5.30. The molecule has 0 amide bonds. The van der Waals surface area contributed by atoms with E-state index in [0.717, 1.165) is 11.5 Å². The molecule has 16 heavy (non-hydrogen) atoms. The van der Waals surface area contributed by atoms with Gasteiger partial charge in [0.25, 0.3) is 0 Å². The number of benzene rings is 1. The first kappa shape index (κ1) is 13.0. The number of aromatic nitrogens is 3. The molecule has 1 aromatic heterocycles. The zero-order valence-electron chi connectivity index (χ0n) is 8.37. The van der Waals surface area contributed by atoms with Crippen LogP contribution in [0.3, 0.4) is 0 Å². The fraction of sp³-hybridized carbons (Fsp3) is 0.200. The van der Waals surface area contributed by atoms with Gasteiger partial charge in [-0.15, -0.1) is 35.0 Å². The van der Waals surface area contributed by atoms with E-state index in [0.29, 0.717) is 13.2 Å². The van der Waals surface area contributed by atoms with Crippen LogP contribution in [-0.2, 0) is 18.0 Å². The molecule has 6 heteroatoms. The molecular weight excluding hydrogens is 249 g/mol. The van der Waals surface area contributed by atoms with Gasteiger partial charge in [0.15, 0.2) is 5.82 Å². The van der Waals surface area contributed by atoms with E-state index in [-0.39, 0.29) is 24.8 Å². The standard InChI is InChI=1S/C10H9N3O.2ClH/c1-2-4-9-8(3-1)5-14-6-10-12-11-7-13(9)10;;/h1-4,7H,5-6H2;2*1H. The van der Waals surface area contributed by atoms with Gasteiger partial charge in [0, 0.05) is 5.56 Å². The molecule has 1 aromatic carbocycles. The zero-order chi connectivity index (χ0) is 9.38. The molecule has 2 aromatic rings. The predicted molar refractivity (Wildman–Crippen MR) is 64.3 cm³/mol. The maximum atomic E-state index is 5.48. The van der Waals surface area contributed by atoms with Crippen LogP contribution in [0.15, 0.2) is 30.6 Å². The molecule has 0 unspecified atom stereocenters. The Morgan fingerprint density at radius 1 is 1.12 bits per heavy atom. The van der Waals surface area contributed by atoms with Crippen molar-refractivity contribution in [2.24, 2.45) is 0 Å². The van der Waals surface area contributed by atoms with E-state index in [1.165, 1.54) is 5.56 Å². The molecule has 0 spiro atoms. The van der Waals surface area contributed by atoms with Crippen molar-refractivity contribution in [3.63, 3.8) is 0 Å². The Hall–Kier alpha value is -1.10. The lowest BCUT2D eigenvalue weighted by atomic mass is 10.2. The van der Waals surface area contributed by atoms with Crippen LogP contribution in [-0.4, -0.2) is 14.8 Å². The first-order valence-corrected chi connectivity index (χ1v) is 4.50. The first-order chi connectivity index (χ1) is 6.95. The topological polar surface area (TPSA) is 39.9 Å². The lowest BCUT2D eigenvalue weighted by Crippen LogP contribution is -1.98. The van der Waals surface area contributed by atoms with Crippen LogP contribution in [0.5, 0.6) is 0 Å². The Morgan fingerprint density at radius 2 is 1.94 bits per heavy atom. The first-order valence-electron chi connectivity index (χ1n) is 4.50. The largest absolute Gasteiger partial charge is 0.369 e. The Balaban J connectivity index is 0.000000640. The molecule has 0 atom stereocenters. The van der Waals surface area contributed by atoms with Crippen molar-refractivity contribution in [3.8, 4) is 5.69 Å². The van der Waals surface area contributed by atoms with E-state index in [1.54, 1.807) is 6.33 Å². The van der Waals surface area contributed by atoms with Crippen LogP contribution in [0, 0.1) is 0 Å². The van der Waals surface area contributed by atoms with Gasteiger partial charge in [0.2, 0.25) is 0 Å². The molecule has 0 fully saturated rings. The van der Waals surface area contributed by atoms with Crippen molar-refractivity contribution < 1.29 is 4.74 Å². The molecule has 0 radical (unpaired) electrons. The molecule has 0 saturated heterocycles. The van der Waals surface area contributed by atoms with Crippen molar-refractivity contribution in [2.75, 3.05) is 0 Å². The molecule has 3 rings (SSSR count). The quantitative estimate of drug-likeness (QED) is 0.728. The molecule has 4 nitrogen and oxygen atoms in total. The number of rotatable bonds is 0. The predicted octanol–water partition coefficient (Wildman–Crippen LogP) is 2.14. The summed E-state index contributed by atoms with van der Waals surface area (Å²) in [6.45, 7) is 1.16. The highest BCUT2D eigenvalue weighted by Gasteiger charge is 2.13. The van der Waals surface area contributed by atoms with Crippen LogP contribution in [0.4, 0.5) is 0 Å². The Kier molecular flexibility index (Phi) is 4.29. The van der Waals surface area contributed by atoms with E-state index in [4.69, 9.17) is 4.74 Å². The van der Waals surface area contributed by atoms with Gasteiger partial charge in [-0.1, -0.05) is 18.2 Å². The summed E-state index contributed by atoms with van der Waals surface area (Å²) in [4.78, 5) is 0. The number of fused-ring (bicyclic) bond motifs is 3. The summed E-state index contributed by atoms with van der Waals surface area (Å²) in [5.41, 5.74) is 2.29. The fourth-order valence-electron chi connectivity index (χ4n) is 1.68. The Labute approximate surface area is 105 Å². The van der Waals surface area contributed by atoms with E-state index in [1.807, 2.05) is 16.7 Å². The fourth-order valence-corrected chi connectivity index (χ4v) is 1.68. The highest BCUT2D eigenvalue weighted by molar-refractivity contribution is 5.85. The second-order valence-electron chi connectivity index (χ2n) is 3.24. The molecule has 86 valence electrons. The number of nitrogens with zero attached hydrogens (tertiary/aromatic N) is 3. The third-order valence-corrected chi connectivity index (χ3v) is 2.36.